The Kier molecular flexibility index (Phi) is 5.60. The summed E-state index contributed by atoms with van der Waals surface area (Å²) in [5, 5.41) is 12.2. The molecule has 1 saturated carbocycles. The minimum atomic E-state index is -0.497. The van der Waals surface area contributed by atoms with Crippen molar-refractivity contribution in [1.82, 2.24) is 5.32 Å². The number of aliphatic hydroxyl groups excluding tert-OH is 1. The third-order valence-electron chi connectivity index (χ3n) is 5.21. The summed E-state index contributed by atoms with van der Waals surface area (Å²) >= 11 is 0. The van der Waals surface area contributed by atoms with Gasteiger partial charge in [0, 0.05) is 24.0 Å². The van der Waals surface area contributed by atoms with Gasteiger partial charge < -0.3 is 15.2 Å². The molecule has 1 atom stereocenters. The number of benzene rings is 2. The minimum absolute atomic E-state index is 0.0841. The predicted octanol–water partition coefficient (Wildman–Crippen LogP) is 3.56. The van der Waals surface area contributed by atoms with Crippen molar-refractivity contribution in [3.05, 3.63) is 77.6 Å². The van der Waals surface area contributed by atoms with Gasteiger partial charge in [-0.05, 0) is 30.5 Å². The Labute approximate surface area is 158 Å². The first kappa shape index (κ1) is 18.7. The molecule has 0 bridgehead atoms. The lowest BCUT2D eigenvalue weighted by Crippen LogP contribution is -2.44. The number of carbonyl (C=O) groups excluding carboxylic acids is 2. The van der Waals surface area contributed by atoms with Crippen LogP contribution in [0.3, 0.4) is 0 Å². The average Bonchev–Trinajstić information content (AvgIpc) is 2.72. The highest BCUT2D eigenvalue weighted by atomic mass is 16.5. The van der Waals surface area contributed by atoms with Crippen molar-refractivity contribution in [1.29, 1.82) is 0 Å². The number of aliphatic hydroxyl groups is 1. The summed E-state index contributed by atoms with van der Waals surface area (Å²) < 4.78 is 5.26. The quantitative estimate of drug-likeness (QED) is 0.627. The summed E-state index contributed by atoms with van der Waals surface area (Å²) in [5.41, 5.74) is 1.41. The number of rotatable bonds is 5. The van der Waals surface area contributed by atoms with Gasteiger partial charge in [-0.15, -0.1) is 0 Å². The number of ketones is 1. The molecule has 2 aromatic carbocycles. The van der Waals surface area contributed by atoms with E-state index in [4.69, 9.17) is 4.74 Å². The van der Waals surface area contributed by atoms with E-state index in [0.29, 0.717) is 36.3 Å². The first-order valence-corrected chi connectivity index (χ1v) is 8.93. The van der Waals surface area contributed by atoms with Crippen LogP contribution in [-0.4, -0.2) is 30.5 Å². The number of methoxy groups -OCH3 is 1. The maximum absolute atomic E-state index is 12.7. The highest BCUT2D eigenvalue weighted by Crippen LogP contribution is 2.39. The molecule has 3 rings (SSSR count). The van der Waals surface area contributed by atoms with Gasteiger partial charge in [0.1, 0.15) is 5.75 Å². The molecule has 5 heteroatoms. The molecule has 1 aliphatic carbocycles. The summed E-state index contributed by atoms with van der Waals surface area (Å²) in [5.74, 6) is 0.187. The summed E-state index contributed by atoms with van der Waals surface area (Å²) in [4.78, 5) is 25.2. The minimum Gasteiger partial charge on any atom is -0.515 e. The molecule has 1 unspecified atom stereocenters. The molecule has 1 aliphatic rings. The molecule has 0 aliphatic heterocycles. The van der Waals surface area contributed by atoms with E-state index in [2.05, 4.69) is 5.32 Å². The van der Waals surface area contributed by atoms with Gasteiger partial charge in [0.15, 0.2) is 5.78 Å². The van der Waals surface area contributed by atoms with Crippen LogP contribution in [-0.2, 0) is 10.2 Å². The zero-order valence-corrected chi connectivity index (χ0v) is 15.3. The zero-order chi connectivity index (χ0) is 19.3. The highest BCUT2D eigenvalue weighted by Gasteiger charge is 2.39. The second kappa shape index (κ2) is 8.08. The third kappa shape index (κ3) is 3.87. The van der Waals surface area contributed by atoms with Crippen LogP contribution in [0.5, 0.6) is 5.75 Å². The largest absolute Gasteiger partial charge is 0.515 e. The van der Waals surface area contributed by atoms with Crippen LogP contribution in [0.2, 0.25) is 0 Å². The molecule has 140 valence electrons. The van der Waals surface area contributed by atoms with Crippen LogP contribution in [0.1, 0.15) is 35.2 Å². The maximum Gasteiger partial charge on any atom is 0.255 e. The molecule has 27 heavy (non-hydrogen) atoms. The van der Waals surface area contributed by atoms with Crippen LogP contribution < -0.4 is 10.1 Å². The molecule has 1 fully saturated rings. The van der Waals surface area contributed by atoms with Crippen molar-refractivity contribution >= 4 is 11.7 Å². The van der Waals surface area contributed by atoms with Crippen molar-refractivity contribution in [2.24, 2.45) is 0 Å². The van der Waals surface area contributed by atoms with E-state index in [0.717, 1.165) is 11.8 Å². The molecule has 0 spiro atoms. The number of para-hydroxylation sites is 1. The van der Waals surface area contributed by atoms with E-state index in [1.807, 2.05) is 36.4 Å². The van der Waals surface area contributed by atoms with Crippen molar-refractivity contribution in [3.8, 4) is 5.75 Å². The molecule has 1 amide bonds. The Bertz CT molecular complexity index is 860. The lowest BCUT2D eigenvalue weighted by Gasteiger charge is -2.38. The smallest absolute Gasteiger partial charge is 0.255 e. The number of allylic oxidation sites excluding steroid dienone is 1. The monoisotopic (exact) mass is 365 g/mol. The van der Waals surface area contributed by atoms with Gasteiger partial charge in [0.05, 0.1) is 18.9 Å². The first-order chi connectivity index (χ1) is 13.1. The molecular weight excluding hydrogens is 342 g/mol. The number of nitrogens with one attached hydrogen (secondary N) is 1. The molecule has 0 saturated heterocycles. The van der Waals surface area contributed by atoms with Gasteiger partial charge >= 0.3 is 0 Å². The van der Waals surface area contributed by atoms with E-state index in [-0.39, 0.29) is 18.1 Å². The molecule has 2 N–H and O–H groups in total. The standard InChI is InChI=1S/C22H23NO4/c1-27-20-10-6-5-9-18(20)21(26)23-15-22(17-7-3-2-4-8-17)12-11-16(14-24)19(25)13-22/h2-10,14,24H,11-13,15H2,1H3,(H,23,26)/b16-14-. The van der Waals surface area contributed by atoms with Crippen LogP contribution in [0.4, 0.5) is 0 Å². The summed E-state index contributed by atoms with van der Waals surface area (Å²) in [6.07, 6.45) is 2.30. The Hall–Kier alpha value is -3.08. The maximum atomic E-state index is 12.7. The number of ether oxygens (including phenoxy) is 1. The van der Waals surface area contributed by atoms with Crippen molar-refractivity contribution in [3.63, 3.8) is 0 Å². The fourth-order valence-corrected chi connectivity index (χ4v) is 3.63. The Morgan fingerprint density at radius 3 is 2.56 bits per heavy atom. The van der Waals surface area contributed by atoms with Crippen molar-refractivity contribution in [2.45, 2.75) is 24.7 Å². The number of amides is 1. The predicted molar refractivity (Wildman–Crippen MR) is 103 cm³/mol. The molecule has 0 radical (unpaired) electrons. The lowest BCUT2D eigenvalue weighted by atomic mass is 9.67. The Morgan fingerprint density at radius 1 is 1.19 bits per heavy atom. The summed E-state index contributed by atoms with van der Waals surface area (Å²) in [6.45, 7) is 0.332. The number of hydrogen-bond acceptors (Lipinski definition) is 4. The summed E-state index contributed by atoms with van der Waals surface area (Å²) in [7, 11) is 1.53. The number of hydrogen-bond donors (Lipinski definition) is 2. The van der Waals surface area contributed by atoms with Crippen LogP contribution in [0, 0.1) is 0 Å². The second-order valence-corrected chi connectivity index (χ2v) is 6.78. The van der Waals surface area contributed by atoms with Gasteiger partial charge in [-0.1, -0.05) is 42.5 Å². The Balaban J connectivity index is 1.85. The van der Waals surface area contributed by atoms with E-state index >= 15 is 0 Å². The second-order valence-electron chi connectivity index (χ2n) is 6.78. The van der Waals surface area contributed by atoms with Gasteiger partial charge in [0.2, 0.25) is 0 Å². The first-order valence-electron chi connectivity index (χ1n) is 8.93. The normalized spacial score (nSPS) is 21.1. The van der Waals surface area contributed by atoms with E-state index in [1.54, 1.807) is 18.2 Å². The summed E-state index contributed by atoms with van der Waals surface area (Å²) in [6, 6.07) is 16.8. The van der Waals surface area contributed by atoms with E-state index < -0.39 is 5.41 Å². The molecule has 0 aromatic heterocycles. The number of carbonyl (C=O) groups is 2. The van der Waals surface area contributed by atoms with Gasteiger partial charge in [0.25, 0.3) is 5.91 Å². The Morgan fingerprint density at radius 2 is 1.89 bits per heavy atom. The van der Waals surface area contributed by atoms with Gasteiger partial charge in [-0.25, -0.2) is 0 Å². The fourth-order valence-electron chi connectivity index (χ4n) is 3.63. The molecule has 2 aromatic rings. The van der Waals surface area contributed by atoms with E-state index in [1.165, 1.54) is 7.11 Å². The van der Waals surface area contributed by atoms with Gasteiger partial charge in [-0.3, -0.25) is 9.59 Å². The fraction of sp³-hybridized carbons (Fsp3) is 0.273. The van der Waals surface area contributed by atoms with E-state index in [9.17, 15) is 14.7 Å². The van der Waals surface area contributed by atoms with Crippen LogP contribution in [0.25, 0.3) is 0 Å². The van der Waals surface area contributed by atoms with Crippen molar-refractivity contribution < 1.29 is 19.4 Å². The zero-order valence-electron chi connectivity index (χ0n) is 15.3. The van der Waals surface area contributed by atoms with Crippen LogP contribution >= 0.6 is 0 Å². The molecule has 5 nitrogen and oxygen atoms in total. The number of Topliss-reactive ketones (excluding diaryl/α,β-unsaturated/α-hetero) is 1. The highest BCUT2D eigenvalue weighted by molar-refractivity contribution is 5.98. The third-order valence-corrected chi connectivity index (χ3v) is 5.21. The van der Waals surface area contributed by atoms with Crippen LogP contribution in [0.15, 0.2) is 66.4 Å². The lowest BCUT2D eigenvalue weighted by molar-refractivity contribution is -0.118. The topological polar surface area (TPSA) is 75.6 Å². The van der Waals surface area contributed by atoms with Crippen molar-refractivity contribution in [2.75, 3.05) is 13.7 Å². The molecule has 0 heterocycles. The van der Waals surface area contributed by atoms with Gasteiger partial charge in [-0.2, -0.15) is 0 Å². The SMILES string of the molecule is COc1ccccc1C(=O)NCC1(c2ccccc2)CC/C(=C/O)C(=O)C1. The molecular formula is C22H23NO4. The average molecular weight is 365 g/mol.